The highest BCUT2D eigenvalue weighted by atomic mass is 16.9. The Kier molecular flexibility index (Phi) is 8.17. The van der Waals surface area contributed by atoms with Gasteiger partial charge < -0.3 is 14.2 Å². The Hall–Kier alpha value is -0.630. The summed E-state index contributed by atoms with van der Waals surface area (Å²) in [6.45, 7) is 13.4. The van der Waals surface area contributed by atoms with Gasteiger partial charge in [0.15, 0.2) is 6.07 Å². The zero-order chi connectivity index (χ0) is 14.2. The summed E-state index contributed by atoms with van der Waals surface area (Å²) in [7, 11) is 0. The predicted molar refractivity (Wildman–Crippen MR) is 70.7 cm³/mol. The third-order valence-electron chi connectivity index (χ3n) is 1.96. The van der Waals surface area contributed by atoms with Crippen LogP contribution in [0.15, 0.2) is 0 Å². The van der Waals surface area contributed by atoms with Crippen molar-refractivity contribution in [3.05, 3.63) is 0 Å². The van der Waals surface area contributed by atoms with Crippen molar-refractivity contribution in [1.82, 2.24) is 0 Å². The van der Waals surface area contributed by atoms with Gasteiger partial charge in [0.1, 0.15) is 0 Å². The molecule has 18 heavy (non-hydrogen) atoms. The fourth-order valence-corrected chi connectivity index (χ4v) is 1.05. The molecule has 0 atom stereocenters. The molecular formula is C14H27NO3. The Morgan fingerprint density at radius 1 is 0.778 bits per heavy atom. The van der Waals surface area contributed by atoms with Crippen molar-refractivity contribution in [2.24, 2.45) is 17.8 Å². The van der Waals surface area contributed by atoms with Crippen molar-refractivity contribution in [3.63, 3.8) is 0 Å². The molecule has 0 saturated heterocycles. The number of nitrogens with zero attached hydrogens (tertiary/aromatic N) is 1. The molecule has 0 radical (unpaired) electrons. The maximum Gasteiger partial charge on any atom is 0.378 e. The van der Waals surface area contributed by atoms with E-state index in [9.17, 15) is 5.26 Å². The first-order valence-electron chi connectivity index (χ1n) is 6.64. The molecule has 0 aliphatic carbocycles. The maximum absolute atomic E-state index is 9.29. The van der Waals surface area contributed by atoms with E-state index in [2.05, 4.69) is 0 Å². The molecule has 0 N–H and O–H groups in total. The van der Waals surface area contributed by atoms with Crippen molar-refractivity contribution in [3.8, 4) is 6.07 Å². The summed E-state index contributed by atoms with van der Waals surface area (Å²) < 4.78 is 16.6. The molecule has 0 aliphatic heterocycles. The monoisotopic (exact) mass is 257 g/mol. The molecule has 0 fully saturated rings. The standard InChI is InChI=1S/C14H27NO3/c1-11(2)7-16-14(10-15,17-8-12(3)4)18-9-13(5)6/h11-13H,7-9H2,1-6H3. The van der Waals surface area contributed by atoms with Gasteiger partial charge in [-0.15, -0.1) is 0 Å². The van der Waals surface area contributed by atoms with Gasteiger partial charge in [0, 0.05) is 0 Å². The maximum atomic E-state index is 9.29. The van der Waals surface area contributed by atoms with Crippen molar-refractivity contribution in [1.29, 1.82) is 5.26 Å². The van der Waals surface area contributed by atoms with E-state index >= 15 is 0 Å². The highest BCUT2D eigenvalue weighted by molar-refractivity contribution is 4.86. The van der Waals surface area contributed by atoms with E-state index < -0.39 is 5.97 Å². The second kappa shape index (κ2) is 8.47. The van der Waals surface area contributed by atoms with E-state index in [1.807, 2.05) is 47.6 Å². The molecule has 0 rings (SSSR count). The van der Waals surface area contributed by atoms with Gasteiger partial charge >= 0.3 is 5.97 Å². The Bertz CT molecular complexity index is 225. The molecule has 0 saturated carbocycles. The third kappa shape index (κ3) is 7.65. The smallest absolute Gasteiger partial charge is 0.315 e. The lowest BCUT2D eigenvalue weighted by Gasteiger charge is -2.28. The third-order valence-corrected chi connectivity index (χ3v) is 1.96. The van der Waals surface area contributed by atoms with Crippen LogP contribution in [0.3, 0.4) is 0 Å². The molecule has 0 aromatic heterocycles. The van der Waals surface area contributed by atoms with E-state index in [1.165, 1.54) is 0 Å². The van der Waals surface area contributed by atoms with Gasteiger partial charge in [-0.05, 0) is 17.8 Å². The van der Waals surface area contributed by atoms with Crippen LogP contribution in [-0.4, -0.2) is 25.8 Å². The molecule has 0 unspecified atom stereocenters. The number of nitriles is 1. The number of hydrogen-bond acceptors (Lipinski definition) is 4. The normalized spacial score (nSPS) is 12.4. The summed E-state index contributed by atoms with van der Waals surface area (Å²) in [4.78, 5) is 0. The SMILES string of the molecule is CC(C)COC(C#N)(OCC(C)C)OCC(C)C. The summed E-state index contributed by atoms with van der Waals surface area (Å²) in [6.07, 6.45) is 0. The topological polar surface area (TPSA) is 51.5 Å². The molecular weight excluding hydrogens is 230 g/mol. The van der Waals surface area contributed by atoms with E-state index in [4.69, 9.17) is 14.2 Å². The fourth-order valence-electron chi connectivity index (χ4n) is 1.05. The van der Waals surface area contributed by atoms with Crippen LogP contribution >= 0.6 is 0 Å². The zero-order valence-corrected chi connectivity index (χ0v) is 12.5. The minimum Gasteiger partial charge on any atom is -0.315 e. The van der Waals surface area contributed by atoms with Crippen molar-refractivity contribution in [2.45, 2.75) is 47.5 Å². The molecule has 0 heterocycles. The summed E-state index contributed by atoms with van der Waals surface area (Å²) in [6, 6.07) is 2.01. The van der Waals surface area contributed by atoms with Crippen LogP contribution < -0.4 is 0 Å². The highest BCUT2D eigenvalue weighted by Gasteiger charge is 2.35. The van der Waals surface area contributed by atoms with E-state index in [-0.39, 0.29) is 0 Å². The molecule has 4 heteroatoms. The first-order chi connectivity index (χ1) is 8.31. The van der Waals surface area contributed by atoms with Crippen LogP contribution in [0.1, 0.15) is 41.5 Å². The van der Waals surface area contributed by atoms with Gasteiger partial charge in [-0.3, -0.25) is 0 Å². The average molecular weight is 257 g/mol. The second-order valence-corrected chi connectivity index (χ2v) is 5.78. The first kappa shape index (κ1) is 17.4. The van der Waals surface area contributed by atoms with Gasteiger partial charge in [0.2, 0.25) is 0 Å². The van der Waals surface area contributed by atoms with Crippen molar-refractivity contribution >= 4 is 0 Å². The number of hydrogen-bond donors (Lipinski definition) is 0. The molecule has 0 spiro atoms. The summed E-state index contributed by atoms with van der Waals surface area (Å²) in [5.74, 6) is -0.590. The molecule has 0 aromatic rings. The van der Waals surface area contributed by atoms with Crippen LogP contribution in [0.2, 0.25) is 0 Å². The number of rotatable bonds is 9. The van der Waals surface area contributed by atoms with Crippen molar-refractivity contribution < 1.29 is 14.2 Å². The van der Waals surface area contributed by atoms with E-state index in [0.29, 0.717) is 37.6 Å². The summed E-state index contributed by atoms with van der Waals surface area (Å²) in [5, 5.41) is 9.29. The largest absolute Gasteiger partial charge is 0.378 e. The first-order valence-corrected chi connectivity index (χ1v) is 6.64. The fraction of sp³-hybridized carbons (Fsp3) is 0.929. The quantitative estimate of drug-likeness (QED) is 0.595. The molecule has 106 valence electrons. The lowest BCUT2D eigenvalue weighted by atomic mass is 10.2. The predicted octanol–water partition coefficient (Wildman–Crippen LogP) is 3.18. The lowest BCUT2D eigenvalue weighted by Crippen LogP contribution is -2.40. The molecule has 4 nitrogen and oxygen atoms in total. The van der Waals surface area contributed by atoms with Gasteiger partial charge in [-0.1, -0.05) is 41.5 Å². The molecule has 0 aliphatic rings. The zero-order valence-electron chi connectivity index (χ0n) is 12.5. The summed E-state index contributed by atoms with van der Waals surface area (Å²) in [5.41, 5.74) is 0. The van der Waals surface area contributed by atoms with E-state index in [0.717, 1.165) is 0 Å². The Morgan fingerprint density at radius 2 is 1.06 bits per heavy atom. The average Bonchev–Trinajstić information content (AvgIpc) is 2.28. The van der Waals surface area contributed by atoms with Crippen molar-refractivity contribution in [2.75, 3.05) is 19.8 Å². The van der Waals surface area contributed by atoms with Gasteiger partial charge in [0.25, 0.3) is 0 Å². The van der Waals surface area contributed by atoms with Crippen LogP contribution in [0.4, 0.5) is 0 Å². The minimum absolute atomic E-state index is 0.322. The Labute approximate surface area is 111 Å². The van der Waals surface area contributed by atoms with E-state index in [1.54, 1.807) is 0 Å². The van der Waals surface area contributed by atoms with Gasteiger partial charge in [-0.2, -0.15) is 5.26 Å². The van der Waals surface area contributed by atoms with Crippen LogP contribution in [0.5, 0.6) is 0 Å². The summed E-state index contributed by atoms with van der Waals surface area (Å²) >= 11 is 0. The Morgan fingerprint density at radius 3 is 1.22 bits per heavy atom. The molecule has 0 aromatic carbocycles. The highest BCUT2D eigenvalue weighted by Crippen LogP contribution is 2.18. The van der Waals surface area contributed by atoms with Crippen LogP contribution in [0.25, 0.3) is 0 Å². The lowest BCUT2D eigenvalue weighted by molar-refractivity contribution is -0.351. The number of ether oxygens (including phenoxy) is 3. The van der Waals surface area contributed by atoms with Gasteiger partial charge in [-0.25, -0.2) is 0 Å². The van der Waals surface area contributed by atoms with Crippen LogP contribution in [0, 0.1) is 29.1 Å². The second-order valence-electron chi connectivity index (χ2n) is 5.78. The molecule has 0 bridgehead atoms. The minimum atomic E-state index is -1.56. The Balaban J connectivity index is 4.56. The van der Waals surface area contributed by atoms with Crippen LogP contribution in [-0.2, 0) is 14.2 Å². The molecule has 0 amide bonds. The van der Waals surface area contributed by atoms with Gasteiger partial charge in [0.05, 0.1) is 19.8 Å².